The van der Waals surface area contributed by atoms with Crippen LogP contribution >= 0.6 is 0 Å². The van der Waals surface area contributed by atoms with Gasteiger partial charge in [-0.3, -0.25) is 10.1 Å². The van der Waals surface area contributed by atoms with Gasteiger partial charge in [0.1, 0.15) is 5.82 Å². The lowest BCUT2D eigenvalue weighted by Gasteiger charge is -2.32. The molecule has 1 aliphatic rings. The van der Waals surface area contributed by atoms with E-state index < -0.39 is 40.6 Å². The smallest absolute Gasteiger partial charge is 0.399 e. The van der Waals surface area contributed by atoms with Crippen LogP contribution in [0.1, 0.15) is 27.7 Å². The average Bonchev–Trinajstić information content (AvgIpc) is 2.46. The first-order chi connectivity index (χ1) is 9.05. The standard InChI is InChI=1S/C12H14BF2NO4/c1-11(2)12(3,4)20-13(19-11)8-5-7(14)6-9(15)10(8)16(17)18/h5-6H,1-4H3. The molecule has 0 aliphatic carbocycles. The fourth-order valence-corrected chi connectivity index (χ4v) is 1.93. The van der Waals surface area contributed by atoms with Gasteiger partial charge in [0.05, 0.1) is 21.6 Å². The summed E-state index contributed by atoms with van der Waals surface area (Å²) in [7, 11) is -1.19. The highest BCUT2D eigenvalue weighted by molar-refractivity contribution is 6.63. The van der Waals surface area contributed by atoms with Crippen LogP contribution in [0.5, 0.6) is 0 Å². The van der Waals surface area contributed by atoms with E-state index in [1.807, 2.05) is 0 Å². The molecule has 0 radical (unpaired) electrons. The summed E-state index contributed by atoms with van der Waals surface area (Å²) in [4.78, 5) is 10.1. The highest BCUT2D eigenvalue weighted by atomic mass is 19.1. The van der Waals surface area contributed by atoms with E-state index in [4.69, 9.17) is 9.31 Å². The van der Waals surface area contributed by atoms with Crippen LogP contribution in [0.3, 0.4) is 0 Å². The molecule has 0 N–H and O–H groups in total. The predicted octanol–water partition coefficient (Wildman–Crippen LogP) is 2.17. The largest absolute Gasteiger partial charge is 0.502 e. The maximum atomic E-state index is 13.6. The molecule has 0 saturated carbocycles. The minimum Gasteiger partial charge on any atom is -0.399 e. The van der Waals surface area contributed by atoms with E-state index in [1.165, 1.54) is 0 Å². The first-order valence-corrected chi connectivity index (χ1v) is 6.04. The topological polar surface area (TPSA) is 61.6 Å². The van der Waals surface area contributed by atoms with Crippen LogP contribution in [0, 0.1) is 21.7 Å². The van der Waals surface area contributed by atoms with Crippen LogP contribution in [-0.4, -0.2) is 23.2 Å². The van der Waals surface area contributed by atoms with Crippen molar-refractivity contribution in [3.8, 4) is 0 Å². The summed E-state index contributed by atoms with van der Waals surface area (Å²) in [6.07, 6.45) is 0. The molecule has 0 atom stereocenters. The van der Waals surface area contributed by atoms with Crippen molar-refractivity contribution in [2.75, 3.05) is 0 Å². The van der Waals surface area contributed by atoms with Crippen LogP contribution in [0.15, 0.2) is 12.1 Å². The summed E-state index contributed by atoms with van der Waals surface area (Å²) in [6, 6.07) is 1.33. The minimum absolute atomic E-state index is 0.258. The van der Waals surface area contributed by atoms with Gasteiger partial charge in [0, 0.05) is 6.07 Å². The third-order valence-corrected chi connectivity index (χ3v) is 3.75. The molecule has 20 heavy (non-hydrogen) atoms. The summed E-state index contributed by atoms with van der Waals surface area (Å²) in [6.45, 7) is 6.98. The molecule has 8 heteroatoms. The minimum atomic E-state index is -1.25. The third-order valence-electron chi connectivity index (χ3n) is 3.75. The van der Waals surface area contributed by atoms with Gasteiger partial charge in [-0.15, -0.1) is 0 Å². The van der Waals surface area contributed by atoms with Crippen molar-refractivity contribution in [1.29, 1.82) is 0 Å². The first-order valence-electron chi connectivity index (χ1n) is 6.04. The van der Waals surface area contributed by atoms with Gasteiger partial charge in [-0.1, -0.05) is 0 Å². The Hall–Kier alpha value is -1.54. The lowest BCUT2D eigenvalue weighted by molar-refractivity contribution is -0.386. The normalized spacial score (nSPS) is 20.2. The Morgan fingerprint density at radius 2 is 1.65 bits per heavy atom. The Bertz CT molecular complexity index is 561. The summed E-state index contributed by atoms with van der Waals surface area (Å²) in [5, 5.41) is 11.0. The summed E-state index contributed by atoms with van der Waals surface area (Å²) in [5.41, 5.74) is -2.60. The van der Waals surface area contributed by atoms with E-state index in [0.29, 0.717) is 6.07 Å². The van der Waals surface area contributed by atoms with Gasteiger partial charge in [-0.2, -0.15) is 4.39 Å². The van der Waals surface area contributed by atoms with Crippen molar-refractivity contribution < 1.29 is 23.0 Å². The fourth-order valence-electron chi connectivity index (χ4n) is 1.93. The molecule has 2 rings (SSSR count). The lowest BCUT2D eigenvalue weighted by Crippen LogP contribution is -2.41. The van der Waals surface area contributed by atoms with Crippen LogP contribution in [0.2, 0.25) is 0 Å². The van der Waals surface area contributed by atoms with Crippen molar-refractivity contribution in [1.82, 2.24) is 0 Å². The van der Waals surface area contributed by atoms with Crippen LogP contribution in [0.4, 0.5) is 14.5 Å². The van der Waals surface area contributed by atoms with Crippen LogP contribution in [0.25, 0.3) is 0 Å². The number of hydrogen-bond acceptors (Lipinski definition) is 4. The van der Waals surface area contributed by atoms with E-state index >= 15 is 0 Å². The van der Waals surface area contributed by atoms with Crippen molar-refractivity contribution in [2.24, 2.45) is 0 Å². The summed E-state index contributed by atoms with van der Waals surface area (Å²) in [5.74, 6) is -2.17. The van der Waals surface area contributed by atoms with Gasteiger partial charge in [0.2, 0.25) is 5.82 Å². The zero-order valence-corrected chi connectivity index (χ0v) is 11.6. The van der Waals surface area contributed by atoms with E-state index in [9.17, 15) is 18.9 Å². The van der Waals surface area contributed by atoms with Gasteiger partial charge < -0.3 is 9.31 Å². The first kappa shape index (κ1) is 14.9. The Morgan fingerprint density at radius 1 is 1.15 bits per heavy atom. The molecular weight excluding hydrogens is 271 g/mol. The number of nitrogens with zero attached hydrogens (tertiary/aromatic N) is 1. The summed E-state index contributed by atoms with van der Waals surface area (Å²) < 4.78 is 38.1. The monoisotopic (exact) mass is 285 g/mol. The SMILES string of the molecule is CC1(C)OB(c2cc(F)cc(F)c2[N+](=O)[O-])OC1(C)C. The number of nitro groups is 1. The molecule has 0 aromatic heterocycles. The van der Waals surface area contributed by atoms with E-state index in [0.717, 1.165) is 6.07 Å². The molecule has 1 aromatic rings. The molecule has 1 fully saturated rings. The molecule has 1 heterocycles. The van der Waals surface area contributed by atoms with Crippen LogP contribution in [-0.2, 0) is 9.31 Å². The van der Waals surface area contributed by atoms with Crippen LogP contribution < -0.4 is 5.46 Å². The molecule has 0 bridgehead atoms. The number of hydrogen-bond donors (Lipinski definition) is 0. The van der Waals surface area contributed by atoms with Crippen molar-refractivity contribution in [3.63, 3.8) is 0 Å². The summed E-state index contributed by atoms with van der Waals surface area (Å²) >= 11 is 0. The lowest BCUT2D eigenvalue weighted by atomic mass is 9.77. The molecular formula is C12H14BF2NO4. The van der Waals surface area contributed by atoms with Crippen molar-refractivity contribution >= 4 is 18.3 Å². The molecule has 1 aromatic carbocycles. The fraction of sp³-hybridized carbons (Fsp3) is 0.500. The van der Waals surface area contributed by atoms with Gasteiger partial charge in [-0.25, -0.2) is 4.39 Å². The maximum Gasteiger partial charge on any atom is 0.502 e. The van der Waals surface area contributed by atoms with Crippen molar-refractivity contribution in [2.45, 2.75) is 38.9 Å². The van der Waals surface area contributed by atoms with Gasteiger partial charge in [-0.05, 0) is 33.8 Å². The Kier molecular flexibility index (Phi) is 3.34. The number of rotatable bonds is 2. The average molecular weight is 285 g/mol. The number of nitro benzene ring substituents is 1. The highest BCUT2D eigenvalue weighted by Crippen LogP contribution is 2.37. The predicted molar refractivity (Wildman–Crippen MR) is 68.7 cm³/mol. The van der Waals surface area contributed by atoms with Crippen molar-refractivity contribution in [3.05, 3.63) is 33.9 Å². The van der Waals surface area contributed by atoms with E-state index in [-0.39, 0.29) is 5.46 Å². The molecule has 5 nitrogen and oxygen atoms in total. The van der Waals surface area contributed by atoms with Gasteiger partial charge in [0.15, 0.2) is 0 Å². The van der Waals surface area contributed by atoms with Gasteiger partial charge >= 0.3 is 12.8 Å². The zero-order chi connectivity index (χ0) is 15.3. The van der Waals surface area contributed by atoms with Gasteiger partial charge in [0.25, 0.3) is 0 Å². The second-order valence-electron chi connectivity index (χ2n) is 5.67. The molecule has 0 amide bonds. The second kappa shape index (κ2) is 4.49. The highest BCUT2D eigenvalue weighted by Gasteiger charge is 2.53. The van der Waals surface area contributed by atoms with E-state index in [2.05, 4.69) is 0 Å². The second-order valence-corrected chi connectivity index (χ2v) is 5.67. The quantitative estimate of drug-likeness (QED) is 0.474. The maximum absolute atomic E-state index is 13.6. The Labute approximate surface area is 115 Å². The molecule has 1 aliphatic heterocycles. The number of halogens is 2. The molecule has 1 saturated heterocycles. The Balaban J connectivity index is 2.52. The zero-order valence-electron chi connectivity index (χ0n) is 11.6. The Morgan fingerprint density at radius 3 is 2.10 bits per heavy atom. The number of benzene rings is 1. The third kappa shape index (κ3) is 2.29. The molecule has 0 unspecified atom stereocenters. The molecule has 108 valence electrons. The molecule has 0 spiro atoms. The van der Waals surface area contributed by atoms with E-state index in [1.54, 1.807) is 27.7 Å².